The molecule has 19 heavy (non-hydrogen) atoms. The smallest absolute Gasteiger partial charge is 0.253 e. The first-order chi connectivity index (χ1) is 8.97. The minimum atomic E-state index is -0.541. The van der Waals surface area contributed by atoms with Crippen LogP contribution >= 0.6 is 0 Å². The van der Waals surface area contributed by atoms with Gasteiger partial charge in [-0.1, -0.05) is 0 Å². The van der Waals surface area contributed by atoms with Gasteiger partial charge >= 0.3 is 0 Å². The zero-order valence-electron chi connectivity index (χ0n) is 11.4. The molecule has 1 unspecified atom stereocenters. The van der Waals surface area contributed by atoms with Crippen LogP contribution in [0.25, 0.3) is 0 Å². The third kappa shape index (κ3) is 4.26. The van der Waals surface area contributed by atoms with Crippen LogP contribution in [-0.2, 0) is 14.3 Å². The van der Waals surface area contributed by atoms with Crippen LogP contribution in [0.15, 0.2) is 18.2 Å². The van der Waals surface area contributed by atoms with Crippen molar-refractivity contribution in [3.63, 3.8) is 0 Å². The third-order valence-corrected chi connectivity index (χ3v) is 2.50. The molecule has 0 spiro atoms. The minimum absolute atomic E-state index is 0.192. The highest BCUT2D eigenvalue weighted by atomic mass is 16.5. The number of ether oxygens (including phenoxy) is 2. The van der Waals surface area contributed by atoms with E-state index >= 15 is 0 Å². The molecule has 2 amide bonds. The first-order valence-corrected chi connectivity index (χ1v) is 5.77. The quantitative estimate of drug-likeness (QED) is 0.849. The second-order valence-electron chi connectivity index (χ2n) is 3.96. The number of amides is 2. The molecule has 2 N–H and O–H groups in total. The van der Waals surface area contributed by atoms with E-state index in [-0.39, 0.29) is 11.8 Å². The van der Waals surface area contributed by atoms with Crippen molar-refractivity contribution >= 4 is 23.2 Å². The fourth-order valence-corrected chi connectivity index (χ4v) is 1.41. The number of rotatable bonds is 5. The van der Waals surface area contributed by atoms with Crippen LogP contribution in [0.5, 0.6) is 5.75 Å². The van der Waals surface area contributed by atoms with Crippen molar-refractivity contribution in [3.05, 3.63) is 18.2 Å². The molecule has 0 bridgehead atoms. The Balaban J connectivity index is 2.87. The fourth-order valence-electron chi connectivity index (χ4n) is 1.41. The first kappa shape index (κ1) is 15.0. The van der Waals surface area contributed by atoms with Gasteiger partial charge in [0.15, 0.2) is 0 Å². The van der Waals surface area contributed by atoms with Crippen molar-refractivity contribution in [2.45, 2.75) is 20.0 Å². The number of carbonyl (C=O) groups excluding carboxylic acids is 2. The molecule has 0 aliphatic carbocycles. The monoisotopic (exact) mass is 266 g/mol. The number of anilines is 2. The van der Waals surface area contributed by atoms with Crippen molar-refractivity contribution in [1.29, 1.82) is 0 Å². The highest BCUT2D eigenvalue weighted by molar-refractivity contribution is 5.95. The highest BCUT2D eigenvalue weighted by Crippen LogP contribution is 2.28. The molecule has 104 valence electrons. The highest BCUT2D eigenvalue weighted by Gasteiger charge is 2.13. The van der Waals surface area contributed by atoms with E-state index in [9.17, 15) is 9.59 Å². The zero-order chi connectivity index (χ0) is 14.4. The second kappa shape index (κ2) is 6.75. The lowest BCUT2D eigenvalue weighted by molar-refractivity contribution is -0.124. The molecule has 1 aromatic rings. The molecular formula is C13H18N2O4. The molecule has 0 aliphatic rings. The van der Waals surface area contributed by atoms with Crippen LogP contribution in [0.2, 0.25) is 0 Å². The summed E-state index contributed by atoms with van der Waals surface area (Å²) in [5.74, 6) is 0.0259. The number of benzene rings is 1. The minimum Gasteiger partial charge on any atom is -0.494 e. The van der Waals surface area contributed by atoms with Crippen LogP contribution < -0.4 is 15.4 Å². The van der Waals surface area contributed by atoms with E-state index in [1.165, 1.54) is 21.1 Å². The molecule has 0 aliphatic heterocycles. The summed E-state index contributed by atoms with van der Waals surface area (Å²) < 4.78 is 10.1. The molecule has 1 rings (SSSR count). The van der Waals surface area contributed by atoms with Gasteiger partial charge in [-0.3, -0.25) is 9.59 Å². The largest absolute Gasteiger partial charge is 0.494 e. The van der Waals surface area contributed by atoms with Crippen molar-refractivity contribution in [3.8, 4) is 5.75 Å². The van der Waals surface area contributed by atoms with Gasteiger partial charge in [-0.05, 0) is 19.1 Å². The molecule has 0 saturated heterocycles. The summed E-state index contributed by atoms with van der Waals surface area (Å²) in [5, 5.41) is 5.33. The van der Waals surface area contributed by atoms with Crippen LogP contribution in [0.1, 0.15) is 13.8 Å². The molecule has 0 saturated carbocycles. The Morgan fingerprint density at radius 3 is 2.42 bits per heavy atom. The van der Waals surface area contributed by atoms with E-state index in [1.54, 1.807) is 25.1 Å². The SMILES string of the molecule is COc1cc(NC(=O)C(C)OC)ccc1NC(C)=O. The number of hydrogen-bond acceptors (Lipinski definition) is 4. The van der Waals surface area contributed by atoms with E-state index in [0.717, 1.165) is 0 Å². The lowest BCUT2D eigenvalue weighted by Crippen LogP contribution is -2.26. The molecule has 0 heterocycles. The topological polar surface area (TPSA) is 76.7 Å². The lowest BCUT2D eigenvalue weighted by Gasteiger charge is -2.13. The lowest BCUT2D eigenvalue weighted by atomic mass is 10.2. The maximum absolute atomic E-state index is 11.7. The standard InChI is InChI=1S/C13H18N2O4/c1-8(18-3)13(17)15-10-5-6-11(14-9(2)16)12(7-10)19-4/h5-8H,1-4H3,(H,14,16)(H,15,17). The summed E-state index contributed by atoms with van der Waals surface area (Å²) >= 11 is 0. The number of hydrogen-bond donors (Lipinski definition) is 2. The summed E-state index contributed by atoms with van der Waals surface area (Å²) in [4.78, 5) is 22.7. The van der Waals surface area contributed by atoms with Crippen LogP contribution in [-0.4, -0.2) is 32.1 Å². The van der Waals surface area contributed by atoms with Crippen molar-refractivity contribution < 1.29 is 19.1 Å². The average Bonchev–Trinajstić information content (AvgIpc) is 2.38. The third-order valence-electron chi connectivity index (χ3n) is 2.50. The number of methoxy groups -OCH3 is 2. The van der Waals surface area contributed by atoms with Crippen molar-refractivity contribution in [1.82, 2.24) is 0 Å². The molecule has 6 nitrogen and oxygen atoms in total. The maximum atomic E-state index is 11.7. The Bertz CT molecular complexity index is 474. The van der Waals surface area contributed by atoms with Gasteiger partial charge in [0.2, 0.25) is 5.91 Å². The van der Waals surface area contributed by atoms with Gasteiger partial charge in [0.25, 0.3) is 5.91 Å². The Labute approximate surface area is 112 Å². The maximum Gasteiger partial charge on any atom is 0.253 e. The summed E-state index contributed by atoms with van der Waals surface area (Å²) in [6.07, 6.45) is -0.541. The van der Waals surface area contributed by atoms with Gasteiger partial charge in [-0.2, -0.15) is 0 Å². The van der Waals surface area contributed by atoms with E-state index < -0.39 is 6.10 Å². The molecule has 1 aromatic carbocycles. The predicted octanol–water partition coefficient (Wildman–Crippen LogP) is 1.63. The van der Waals surface area contributed by atoms with Crippen LogP contribution in [0.3, 0.4) is 0 Å². The molecule has 1 atom stereocenters. The fraction of sp³-hybridized carbons (Fsp3) is 0.385. The van der Waals surface area contributed by atoms with Crippen molar-refractivity contribution in [2.24, 2.45) is 0 Å². The predicted molar refractivity (Wildman–Crippen MR) is 72.4 cm³/mol. The summed E-state index contributed by atoms with van der Waals surface area (Å²) in [6.45, 7) is 3.06. The van der Waals surface area contributed by atoms with E-state index in [0.29, 0.717) is 17.1 Å². The molecular weight excluding hydrogens is 248 g/mol. The van der Waals surface area contributed by atoms with Gasteiger partial charge in [0, 0.05) is 25.8 Å². The van der Waals surface area contributed by atoms with Gasteiger partial charge in [0.05, 0.1) is 12.8 Å². The molecule has 6 heteroatoms. The number of nitrogens with one attached hydrogen (secondary N) is 2. The Morgan fingerprint density at radius 1 is 1.21 bits per heavy atom. The number of carbonyl (C=O) groups is 2. The average molecular weight is 266 g/mol. The second-order valence-corrected chi connectivity index (χ2v) is 3.96. The first-order valence-electron chi connectivity index (χ1n) is 5.77. The normalized spacial score (nSPS) is 11.6. The summed E-state index contributed by atoms with van der Waals surface area (Å²) in [7, 11) is 2.95. The van der Waals surface area contributed by atoms with Crippen LogP contribution in [0, 0.1) is 0 Å². The van der Waals surface area contributed by atoms with Gasteiger partial charge in [-0.15, -0.1) is 0 Å². The van der Waals surface area contributed by atoms with Gasteiger partial charge < -0.3 is 20.1 Å². The molecule has 0 aromatic heterocycles. The van der Waals surface area contributed by atoms with Gasteiger partial charge in [-0.25, -0.2) is 0 Å². The molecule has 0 radical (unpaired) electrons. The van der Waals surface area contributed by atoms with E-state index in [4.69, 9.17) is 9.47 Å². The summed E-state index contributed by atoms with van der Waals surface area (Å²) in [5.41, 5.74) is 1.12. The van der Waals surface area contributed by atoms with Gasteiger partial charge in [0.1, 0.15) is 11.9 Å². The Morgan fingerprint density at radius 2 is 1.89 bits per heavy atom. The Hall–Kier alpha value is -2.08. The Kier molecular flexibility index (Phi) is 5.32. The van der Waals surface area contributed by atoms with E-state index in [1.807, 2.05) is 0 Å². The van der Waals surface area contributed by atoms with E-state index in [2.05, 4.69) is 10.6 Å². The van der Waals surface area contributed by atoms with Crippen LogP contribution in [0.4, 0.5) is 11.4 Å². The zero-order valence-corrected chi connectivity index (χ0v) is 11.4. The van der Waals surface area contributed by atoms with Crippen molar-refractivity contribution in [2.75, 3.05) is 24.9 Å². The molecule has 0 fully saturated rings. The summed E-state index contributed by atoms with van der Waals surface area (Å²) in [6, 6.07) is 4.97.